The third-order valence-electron chi connectivity index (χ3n) is 4.51. The van der Waals surface area contributed by atoms with Gasteiger partial charge in [-0.15, -0.1) is 0 Å². The first-order chi connectivity index (χ1) is 12.0. The third-order valence-corrected chi connectivity index (χ3v) is 4.51. The molecule has 0 spiro atoms. The molecule has 0 aliphatic carbocycles. The van der Waals surface area contributed by atoms with E-state index in [2.05, 4.69) is 5.10 Å². The van der Waals surface area contributed by atoms with Gasteiger partial charge in [-0.05, 0) is 11.6 Å². The van der Waals surface area contributed by atoms with Crippen molar-refractivity contribution >= 4 is 5.91 Å². The number of aryl methyl sites for hydroxylation is 1. The van der Waals surface area contributed by atoms with Gasteiger partial charge in [0.2, 0.25) is 0 Å². The van der Waals surface area contributed by atoms with Crippen LogP contribution in [0.25, 0.3) is 0 Å². The molecule has 1 aliphatic rings. The molecule has 7 heteroatoms. The maximum atomic E-state index is 14.2. The number of piperidine rings is 1. The van der Waals surface area contributed by atoms with Gasteiger partial charge in [0, 0.05) is 32.8 Å². The van der Waals surface area contributed by atoms with Crippen LogP contribution < -0.4 is 0 Å². The van der Waals surface area contributed by atoms with Gasteiger partial charge >= 0.3 is 0 Å². The minimum Gasteiger partial charge on any atom is -0.376 e. The van der Waals surface area contributed by atoms with Crippen LogP contribution in [-0.2, 0) is 18.4 Å². The van der Waals surface area contributed by atoms with Crippen LogP contribution in [0.2, 0.25) is 0 Å². The molecule has 1 saturated heterocycles. The summed E-state index contributed by atoms with van der Waals surface area (Å²) in [7, 11) is 1.66. The average Bonchev–Trinajstić information content (AvgIpc) is 3.02. The largest absolute Gasteiger partial charge is 0.376 e. The fourth-order valence-corrected chi connectivity index (χ4v) is 2.98. The number of alkyl halides is 2. The molecule has 0 N–H and O–H groups in total. The van der Waals surface area contributed by atoms with Gasteiger partial charge in [-0.2, -0.15) is 5.10 Å². The van der Waals surface area contributed by atoms with Crippen LogP contribution in [0.15, 0.2) is 42.6 Å². The lowest BCUT2D eigenvalue weighted by atomic mass is 9.94. The standard InChI is InChI=1S/C18H21F2N3O2/c1-22-16(7-9-21-22)17(24)23-10-8-18(19,20)15(11-23)13-25-12-14-5-3-2-4-6-14/h2-7,9,15H,8,10-13H2,1H3/t15-/m1/s1. The summed E-state index contributed by atoms with van der Waals surface area (Å²) in [5.41, 5.74) is 1.33. The van der Waals surface area contributed by atoms with Gasteiger partial charge in [-0.25, -0.2) is 8.78 Å². The van der Waals surface area contributed by atoms with Gasteiger partial charge in [0.1, 0.15) is 5.69 Å². The number of rotatable bonds is 5. The third kappa shape index (κ3) is 4.04. The van der Waals surface area contributed by atoms with Gasteiger partial charge in [-0.3, -0.25) is 9.48 Å². The molecule has 5 nitrogen and oxygen atoms in total. The van der Waals surface area contributed by atoms with Crippen molar-refractivity contribution in [2.75, 3.05) is 19.7 Å². The normalized spacial score (nSPS) is 19.8. The minimum absolute atomic E-state index is 0.0220. The molecule has 1 aromatic heterocycles. The molecule has 25 heavy (non-hydrogen) atoms. The number of hydrogen-bond donors (Lipinski definition) is 0. The molecule has 0 saturated carbocycles. The quantitative estimate of drug-likeness (QED) is 0.834. The number of likely N-dealkylation sites (tertiary alicyclic amines) is 1. The average molecular weight is 349 g/mol. The van der Waals surface area contributed by atoms with Crippen LogP contribution in [0.1, 0.15) is 22.5 Å². The number of carbonyl (C=O) groups excluding carboxylic acids is 1. The SMILES string of the molecule is Cn1nccc1C(=O)N1CCC(F)(F)[C@@H](COCc2ccccc2)C1. The second kappa shape index (κ2) is 7.31. The second-order valence-corrected chi connectivity index (χ2v) is 6.30. The summed E-state index contributed by atoms with van der Waals surface area (Å²) in [5, 5.41) is 3.96. The van der Waals surface area contributed by atoms with Crippen molar-refractivity contribution in [3.05, 3.63) is 53.9 Å². The van der Waals surface area contributed by atoms with Crippen molar-refractivity contribution in [2.24, 2.45) is 13.0 Å². The lowest BCUT2D eigenvalue weighted by Gasteiger charge is -2.38. The Hall–Kier alpha value is -2.28. The lowest BCUT2D eigenvalue weighted by Crippen LogP contribution is -2.51. The Morgan fingerprint density at radius 3 is 2.76 bits per heavy atom. The van der Waals surface area contributed by atoms with E-state index < -0.39 is 11.8 Å². The highest BCUT2D eigenvalue weighted by atomic mass is 19.3. The van der Waals surface area contributed by atoms with E-state index in [-0.39, 0.29) is 38.6 Å². The Balaban J connectivity index is 1.61. The molecule has 134 valence electrons. The number of nitrogens with zero attached hydrogens (tertiary/aromatic N) is 3. The zero-order valence-electron chi connectivity index (χ0n) is 14.1. The maximum Gasteiger partial charge on any atom is 0.272 e. The highest BCUT2D eigenvalue weighted by molar-refractivity contribution is 5.92. The topological polar surface area (TPSA) is 47.4 Å². The Morgan fingerprint density at radius 2 is 2.08 bits per heavy atom. The highest BCUT2D eigenvalue weighted by Gasteiger charge is 2.45. The Bertz CT molecular complexity index is 718. The molecule has 2 aromatic rings. The maximum absolute atomic E-state index is 14.2. The molecule has 0 unspecified atom stereocenters. The summed E-state index contributed by atoms with van der Waals surface area (Å²) >= 11 is 0. The summed E-state index contributed by atoms with van der Waals surface area (Å²) in [4.78, 5) is 14.0. The van der Waals surface area contributed by atoms with E-state index in [0.717, 1.165) is 5.56 Å². The Labute approximate surface area is 145 Å². The van der Waals surface area contributed by atoms with E-state index in [0.29, 0.717) is 5.69 Å². The number of amides is 1. The first-order valence-corrected chi connectivity index (χ1v) is 8.24. The van der Waals surface area contributed by atoms with Gasteiger partial charge in [0.05, 0.1) is 19.1 Å². The predicted molar refractivity (Wildman–Crippen MR) is 88.3 cm³/mol. The van der Waals surface area contributed by atoms with E-state index in [9.17, 15) is 13.6 Å². The lowest BCUT2D eigenvalue weighted by molar-refractivity contribution is -0.124. The summed E-state index contributed by atoms with van der Waals surface area (Å²) in [6, 6.07) is 11.0. The number of hydrogen-bond acceptors (Lipinski definition) is 3. The monoisotopic (exact) mass is 349 g/mol. The summed E-state index contributed by atoms with van der Waals surface area (Å²) in [5.74, 6) is -4.12. The van der Waals surface area contributed by atoms with Crippen molar-refractivity contribution in [2.45, 2.75) is 19.0 Å². The molecule has 1 atom stereocenters. The Kier molecular flexibility index (Phi) is 5.13. The van der Waals surface area contributed by atoms with Crippen LogP contribution in [0, 0.1) is 5.92 Å². The summed E-state index contributed by atoms with van der Waals surface area (Å²) < 4.78 is 35.4. The molecular formula is C18H21F2N3O2. The van der Waals surface area contributed by atoms with Gasteiger partial charge < -0.3 is 9.64 Å². The van der Waals surface area contributed by atoms with Crippen LogP contribution in [0.4, 0.5) is 8.78 Å². The molecule has 3 rings (SSSR count). The fourth-order valence-electron chi connectivity index (χ4n) is 2.98. The van der Waals surface area contributed by atoms with Crippen LogP contribution in [0.3, 0.4) is 0 Å². The van der Waals surface area contributed by atoms with E-state index in [1.54, 1.807) is 13.1 Å². The zero-order chi connectivity index (χ0) is 17.9. The van der Waals surface area contributed by atoms with Crippen molar-refractivity contribution in [3.8, 4) is 0 Å². The van der Waals surface area contributed by atoms with E-state index in [1.807, 2.05) is 30.3 Å². The van der Waals surface area contributed by atoms with Crippen molar-refractivity contribution in [3.63, 3.8) is 0 Å². The number of carbonyl (C=O) groups is 1. The molecular weight excluding hydrogens is 328 g/mol. The fraction of sp³-hybridized carbons (Fsp3) is 0.444. The van der Waals surface area contributed by atoms with Crippen molar-refractivity contribution in [1.29, 1.82) is 0 Å². The van der Waals surface area contributed by atoms with Gasteiger partial charge in [-0.1, -0.05) is 30.3 Å². The predicted octanol–water partition coefficient (Wildman–Crippen LogP) is 2.73. The molecule has 1 amide bonds. The second-order valence-electron chi connectivity index (χ2n) is 6.30. The number of ether oxygens (including phenoxy) is 1. The van der Waals surface area contributed by atoms with E-state index in [1.165, 1.54) is 15.8 Å². The number of halogens is 2. The summed E-state index contributed by atoms with van der Waals surface area (Å²) in [6.45, 7) is 0.207. The first-order valence-electron chi connectivity index (χ1n) is 8.24. The molecule has 1 fully saturated rings. The molecule has 0 bridgehead atoms. The first kappa shape index (κ1) is 17.5. The smallest absolute Gasteiger partial charge is 0.272 e. The summed E-state index contributed by atoms with van der Waals surface area (Å²) in [6.07, 6.45) is 1.17. The Morgan fingerprint density at radius 1 is 1.32 bits per heavy atom. The minimum atomic E-state index is -2.83. The number of benzene rings is 1. The highest BCUT2D eigenvalue weighted by Crippen LogP contribution is 2.34. The molecule has 1 aliphatic heterocycles. The van der Waals surface area contributed by atoms with Crippen LogP contribution in [0.5, 0.6) is 0 Å². The van der Waals surface area contributed by atoms with Crippen LogP contribution >= 0.6 is 0 Å². The van der Waals surface area contributed by atoms with Gasteiger partial charge in [0.15, 0.2) is 0 Å². The molecule has 1 aromatic carbocycles. The molecule has 0 radical (unpaired) electrons. The number of aromatic nitrogens is 2. The van der Waals surface area contributed by atoms with Crippen molar-refractivity contribution in [1.82, 2.24) is 14.7 Å². The van der Waals surface area contributed by atoms with E-state index in [4.69, 9.17) is 4.74 Å². The van der Waals surface area contributed by atoms with Gasteiger partial charge in [0.25, 0.3) is 11.8 Å². The van der Waals surface area contributed by atoms with Crippen LogP contribution in [-0.4, -0.2) is 46.2 Å². The zero-order valence-corrected chi connectivity index (χ0v) is 14.1. The molecule has 2 heterocycles. The van der Waals surface area contributed by atoms with E-state index >= 15 is 0 Å². The van der Waals surface area contributed by atoms with Crippen molar-refractivity contribution < 1.29 is 18.3 Å².